The van der Waals surface area contributed by atoms with Gasteiger partial charge in [0.05, 0.1) is 21.7 Å². The van der Waals surface area contributed by atoms with Crippen LogP contribution in [0.4, 0.5) is 10.5 Å². The number of carbonyl (C=O) groups excluding carboxylic acids is 3. The Labute approximate surface area is 231 Å². The lowest BCUT2D eigenvalue weighted by molar-refractivity contribution is 0.0656. The van der Waals surface area contributed by atoms with E-state index in [1.165, 1.54) is 29.1 Å². The van der Waals surface area contributed by atoms with Crippen LogP contribution in [0.3, 0.4) is 0 Å². The molecule has 0 radical (unpaired) electrons. The molecule has 0 saturated carbocycles. The van der Waals surface area contributed by atoms with E-state index in [-0.39, 0.29) is 23.7 Å². The molecule has 39 heavy (non-hydrogen) atoms. The minimum absolute atomic E-state index is 0.00269. The third-order valence-corrected chi connectivity index (χ3v) is 7.70. The number of hydrogen-bond acceptors (Lipinski definition) is 8. The van der Waals surface area contributed by atoms with Gasteiger partial charge in [-0.05, 0) is 48.5 Å². The quantitative estimate of drug-likeness (QED) is 0.140. The Hall–Kier alpha value is -4.23. The maximum absolute atomic E-state index is 12.7. The van der Waals surface area contributed by atoms with Crippen molar-refractivity contribution in [3.05, 3.63) is 102 Å². The van der Waals surface area contributed by atoms with E-state index in [0.717, 1.165) is 4.90 Å². The number of amides is 3. The number of benzene rings is 3. The molecule has 2 heterocycles. The van der Waals surface area contributed by atoms with Gasteiger partial charge in [0.15, 0.2) is 0 Å². The number of aromatic nitrogens is 1. The zero-order chi connectivity index (χ0) is 27.6. The fraction of sp³-hybridized carbons (Fsp3) is 0.0741. The average molecular weight is 565 g/mol. The number of nitrogens with zero attached hydrogens (tertiary/aromatic N) is 2. The number of thiol groups is 1. The van der Waals surface area contributed by atoms with Crippen LogP contribution < -0.4 is 14.8 Å². The van der Waals surface area contributed by atoms with E-state index in [0.29, 0.717) is 27.5 Å². The van der Waals surface area contributed by atoms with E-state index in [4.69, 9.17) is 4.74 Å². The SMILES string of the molecule is O=C1c2ccccc2C(=O)N1CCNC(=O)n1cc(S)c(NS(O)(O)c2ccc(Oc3ccccc3)cc2)c1. The van der Waals surface area contributed by atoms with Crippen molar-refractivity contribution >= 4 is 46.9 Å². The predicted octanol–water partition coefficient (Wildman–Crippen LogP) is 5.56. The largest absolute Gasteiger partial charge is 0.457 e. The van der Waals surface area contributed by atoms with Crippen molar-refractivity contribution in [2.45, 2.75) is 9.79 Å². The highest BCUT2D eigenvalue weighted by Crippen LogP contribution is 2.49. The number of anilines is 1. The molecular formula is C27H24N4O6S2. The van der Waals surface area contributed by atoms with E-state index in [1.54, 1.807) is 36.4 Å². The second kappa shape index (κ2) is 10.9. The Morgan fingerprint density at radius 2 is 1.44 bits per heavy atom. The van der Waals surface area contributed by atoms with Gasteiger partial charge < -0.3 is 10.1 Å². The van der Waals surface area contributed by atoms with Gasteiger partial charge in [-0.1, -0.05) is 41.1 Å². The molecule has 12 heteroatoms. The minimum atomic E-state index is -3.49. The van der Waals surface area contributed by atoms with Crippen molar-refractivity contribution in [3.8, 4) is 11.5 Å². The van der Waals surface area contributed by atoms with Crippen LogP contribution >= 0.6 is 23.4 Å². The molecule has 0 bridgehead atoms. The van der Waals surface area contributed by atoms with Crippen molar-refractivity contribution in [2.75, 3.05) is 17.8 Å². The molecule has 0 saturated heterocycles. The molecule has 3 aromatic carbocycles. The van der Waals surface area contributed by atoms with Gasteiger partial charge in [0.2, 0.25) is 0 Å². The van der Waals surface area contributed by atoms with Crippen LogP contribution in [0.5, 0.6) is 11.5 Å². The summed E-state index contributed by atoms with van der Waals surface area (Å²) in [7, 11) is -3.49. The Kier molecular flexibility index (Phi) is 7.35. The van der Waals surface area contributed by atoms with Crippen LogP contribution in [0.2, 0.25) is 0 Å². The molecule has 1 aromatic heterocycles. The van der Waals surface area contributed by atoms with Crippen LogP contribution in [0.1, 0.15) is 20.7 Å². The lowest BCUT2D eigenvalue weighted by atomic mass is 10.1. The molecule has 4 N–H and O–H groups in total. The number of ether oxygens (including phenoxy) is 1. The molecule has 3 amide bonds. The zero-order valence-corrected chi connectivity index (χ0v) is 22.1. The van der Waals surface area contributed by atoms with Crippen LogP contribution in [0.15, 0.2) is 101 Å². The van der Waals surface area contributed by atoms with Crippen LogP contribution in [-0.2, 0) is 0 Å². The molecule has 0 fully saturated rings. The molecular weight excluding hydrogens is 540 g/mol. The van der Waals surface area contributed by atoms with Gasteiger partial charge in [-0.15, -0.1) is 12.6 Å². The number of imide groups is 1. The van der Waals surface area contributed by atoms with E-state index in [2.05, 4.69) is 22.7 Å². The lowest BCUT2D eigenvalue weighted by Gasteiger charge is -2.33. The highest BCUT2D eigenvalue weighted by molar-refractivity contribution is 8.25. The number of carbonyl (C=O) groups is 3. The van der Waals surface area contributed by atoms with Crippen molar-refractivity contribution in [2.24, 2.45) is 0 Å². The monoisotopic (exact) mass is 564 g/mol. The second-order valence-electron chi connectivity index (χ2n) is 8.54. The number of nitrogens with one attached hydrogen (secondary N) is 2. The molecule has 1 aliphatic heterocycles. The summed E-state index contributed by atoms with van der Waals surface area (Å²) < 4.78 is 31.1. The Balaban J connectivity index is 1.18. The summed E-state index contributed by atoms with van der Waals surface area (Å²) in [6.45, 7) is 0.0302. The van der Waals surface area contributed by atoms with E-state index in [1.807, 2.05) is 30.3 Å². The van der Waals surface area contributed by atoms with E-state index in [9.17, 15) is 23.5 Å². The first-order valence-corrected chi connectivity index (χ1v) is 13.8. The molecule has 0 atom stereocenters. The standard InChI is InChI=1S/C27H24N4O6S2/c32-25-21-8-4-5-9-22(21)26(33)31(25)15-14-28-27(34)30-16-23(24(38)17-30)29-39(35,36)20-12-10-19(11-13-20)37-18-6-2-1-3-7-18/h1-13,16-17,29,35-36,38H,14-15H2,(H,28,34). The van der Waals surface area contributed by atoms with Crippen molar-refractivity contribution < 1.29 is 28.2 Å². The molecule has 0 unspecified atom stereocenters. The van der Waals surface area contributed by atoms with Gasteiger partial charge in [-0.3, -0.25) is 32.9 Å². The Morgan fingerprint density at radius 3 is 2.08 bits per heavy atom. The third-order valence-electron chi connectivity index (χ3n) is 5.91. The van der Waals surface area contributed by atoms with Crippen LogP contribution in [-0.4, -0.2) is 49.5 Å². The predicted molar refractivity (Wildman–Crippen MR) is 150 cm³/mol. The second-order valence-corrected chi connectivity index (χ2v) is 10.8. The summed E-state index contributed by atoms with van der Waals surface area (Å²) in [5.41, 5.74) is 0.900. The maximum atomic E-state index is 12.7. The Bertz CT molecular complexity index is 1500. The molecule has 4 aromatic rings. The first kappa shape index (κ1) is 26.4. The van der Waals surface area contributed by atoms with Crippen molar-refractivity contribution in [1.29, 1.82) is 0 Å². The number of rotatable bonds is 8. The number of fused-ring (bicyclic) bond motifs is 1. The maximum Gasteiger partial charge on any atom is 0.325 e. The van der Waals surface area contributed by atoms with Crippen molar-refractivity contribution in [1.82, 2.24) is 14.8 Å². The zero-order valence-electron chi connectivity index (χ0n) is 20.4. The number of para-hydroxylation sites is 1. The van der Waals surface area contributed by atoms with Gasteiger partial charge in [0.25, 0.3) is 11.8 Å². The summed E-state index contributed by atoms with van der Waals surface area (Å²) in [5, 5.41) is 2.64. The van der Waals surface area contributed by atoms with Gasteiger partial charge in [-0.25, -0.2) is 4.79 Å². The summed E-state index contributed by atoms with van der Waals surface area (Å²) in [6.07, 6.45) is 2.76. The van der Waals surface area contributed by atoms with E-state index < -0.39 is 28.6 Å². The summed E-state index contributed by atoms with van der Waals surface area (Å²) in [6, 6.07) is 21.5. The minimum Gasteiger partial charge on any atom is -0.457 e. The van der Waals surface area contributed by atoms with Crippen LogP contribution in [0, 0.1) is 0 Å². The fourth-order valence-corrected chi connectivity index (χ4v) is 5.40. The molecule has 200 valence electrons. The van der Waals surface area contributed by atoms with Crippen molar-refractivity contribution in [3.63, 3.8) is 0 Å². The number of hydrogen-bond donors (Lipinski definition) is 5. The topological polar surface area (TPSA) is 133 Å². The summed E-state index contributed by atoms with van der Waals surface area (Å²) >= 11 is 4.33. The normalized spacial score (nSPS) is 13.3. The molecule has 0 spiro atoms. The molecule has 10 nitrogen and oxygen atoms in total. The van der Waals surface area contributed by atoms with Gasteiger partial charge >= 0.3 is 6.03 Å². The highest BCUT2D eigenvalue weighted by atomic mass is 32.3. The molecule has 5 rings (SSSR count). The lowest BCUT2D eigenvalue weighted by Crippen LogP contribution is -2.39. The summed E-state index contributed by atoms with van der Waals surface area (Å²) in [5.74, 6) is 0.372. The first-order valence-electron chi connectivity index (χ1n) is 11.8. The fourth-order valence-electron chi connectivity index (χ4n) is 3.98. The average Bonchev–Trinajstić information content (AvgIpc) is 3.41. The van der Waals surface area contributed by atoms with E-state index >= 15 is 0 Å². The highest BCUT2D eigenvalue weighted by Gasteiger charge is 2.34. The molecule has 0 aliphatic carbocycles. The van der Waals surface area contributed by atoms with Gasteiger partial charge in [0, 0.05) is 30.4 Å². The Morgan fingerprint density at radius 1 is 0.846 bits per heavy atom. The third kappa shape index (κ3) is 5.64. The molecule has 1 aliphatic rings. The first-order chi connectivity index (χ1) is 18.7. The smallest absolute Gasteiger partial charge is 0.325 e. The summed E-state index contributed by atoms with van der Waals surface area (Å²) in [4.78, 5) is 39.2. The van der Waals surface area contributed by atoms with Gasteiger partial charge in [-0.2, -0.15) is 0 Å². The van der Waals surface area contributed by atoms with Crippen LogP contribution in [0.25, 0.3) is 0 Å². The van der Waals surface area contributed by atoms with Gasteiger partial charge in [0.1, 0.15) is 11.5 Å².